The number of hydrogen-bond donors (Lipinski definition) is 2. The fourth-order valence-corrected chi connectivity index (χ4v) is 4.95. The van der Waals surface area contributed by atoms with Crippen LogP contribution in [0.3, 0.4) is 0 Å². The second kappa shape index (κ2) is 11.8. The number of allylic oxidation sites excluding steroid dienone is 2. The van der Waals surface area contributed by atoms with Gasteiger partial charge in [0.25, 0.3) is 5.79 Å². The van der Waals surface area contributed by atoms with Crippen molar-refractivity contribution in [1.82, 2.24) is 0 Å². The summed E-state index contributed by atoms with van der Waals surface area (Å²) < 4.78 is 5.20. The Morgan fingerprint density at radius 2 is 1.90 bits per heavy atom. The van der Waals surface area contributed by atoms with Crippen molar-refractivity contribution < 1.29 is 24.5 Å². The van der Waals surface area contributed by atoms with Crippen molar-refractivity contribution in [2.24, 2.45) is 17.8 Å². The number of rotatable bonds is 13. The molecule has 0 aromatic rings. The molecule has 0 aliphatic heterocycles. The molecule has 0 aromatic heterocycles. The predicted molar refractivity (Wildman–Crippen MR) is 113 cm³/mol. The average Bonchev–Trinajstić information content (AvgIpc) is 3.28. The largest absolute Gasteiger partial charge is 0.477 e. The normalized spacial score (nSPS) is 25.3. The monoisotopic (exact) mass is 408 g/mol. The van der Waals surface area contributed by atoms with E-state index in [0.717, 1.165) is 38.0 Å². The van der Waals surface area contributed by atoms with Crippen LogP contribution in [0.5, 0.6) is 0 Å². The summed E-state index contributed by atoms with van der Waals surface area (Å²) >= 11 is 0. The van der Waals surface area contributed by atoms with E-state index in [0.29, 0.717) is 24.5 Å². The van der Waals surface area contributed by atoms with Crippen LogP contribution in [0.15, 0.2) is 12.2 Å². The number of carbonyl (C=O) groups excluding carboxylic acids is 1. The van der Waals surface area contributed by atoms with Gasteiger partial charge >= 0.3 is 5.97 Å². The number of carboxylic acid groups (broad SMARTS) is 1. The van der Waals surface area contributed by atoms with E-state index in [1.807, 2.05) is 0 Å². The van der Waals surface area contributed by atoms with E-state index in [9.17, 15) is 19.8 Å². The first-order chi connectivity index (χ1) is 13.8. The minimum Gasteiger partial charge on any atom is -0.477 e. The highest BCUT2D eigenvalue weighted by Crippen LogP contribution is 2.35. The molecule has 1 unspecified atom stereocenters. The number of aliphatic hydroxyl groups is 1. The molecule has 0 spiro atoms. The van der Waals surface area contributed by atoms with Gasteiger partial charge in [-0.1, -0.05) is 50.7 Å². The molecule has 166 valence electrons. The summed E-state index contributed by atoms with van der Waals surface area (Å²) in [5.74, 6) is -1.68. The van der Waals surface area contributed by atoms with Crippen LogP contribution in [0.4, 0.5) is 0 Å². The third kappa shape index (κ3) is 7.86. The Labute approximate surface area is 175 Å². The molecule has 2 N–H and O–H groups in total. The molecule has 0 heterocycles. The number of unbranched alkanes of at least 4 members (excludes halogenated alkanes) is 2. The third-order valence-electron chi connectivity index (χ3n) is 6.55. The number of ether oxygens (including phenoxy) is 1. The van der Waals surface area contributed by atoms with Gasteiger partial charge in [0.2, 0.25) is 0 Å². The number of Topliss-reactive ketones (excluding diaryl/α,β-unsaturated/α-hetero) is 1. The van der Waals surface area contributed by atoms with Crippen molar-refractivity contribution in [3.05, 3.63) is 12.2 Å². The number of ketones is 1. The van der Waals surface area contributed by atoms with Gasteiger partial charge in [-0.2, -0.15) is 0 Å². The SMILES string of the molecule is CC(C)OC(O)(CCCCC[C@H]1C(=O)CC[C@@H]1C=CCCC1CCCC1)C(=O)O. The first-order valence-corrected chi connectivity index (χ1v) is 11.6. The van der Waals surface area contributed by atoms with Crippen LogP contribution in [0.1, 0.15) is 97.3 Å². The Hall–Kier alpha value is -1.20. The maximum Gasteiger partial charge on any atom is 0.364 e. The fraction of sp³-hybridized carbons (Fsp3) is 0.833. The Bertz CT molecular complexity index is 549. The van der Waals surface area contributed by atoms with Gasteiger partial charge in [-0.3, -0.25) is 4.79 Å². The minimum absolute atomic E-state index is 0.0730. The summed E-state index contributed by atoms with van der Waals surface area (Å²) in [5.41, 5.74) is 0. The van der Waals surface area contributed by atoms with Crippen molar-refractivity contribution in [1.29, 1.82) is 0 Å². The van der Waals surface area contributed by atoms with E-state index in [1.165, 1.54) is 32.1 Å². The zero-order valence-corrected chi connectivity index (χ0v) is 18.3. The zero-order valence-electron chi connectivity index (χ0n) is 18.3. The van der Waals surface area contributed by atoms with Gasteiger partial charge in [0.15, 0.2) is 0 Å². The van der Waals surface area contributed by atoms with Gasteiger partial charge in [-0.05, 0) is 57.8 Å². The van der Waals surface area contributed by atoms with Crippen LogP contribution < -0.4 is 0 Å². The minimum atomic E-state index is -2.11. The fourth-order valence-electron chi connectivity index (χ4n) is 4.95. The molecular weight excluding hydrogens is 368 g/mol. The first-order valence-electron chi connectivity index (χ1n) is 11.6. The highest BCUT2D eigenvalue weighted by molar-refractivity contribution is 5.83. The number of carbonyl (C=O) groups is 2. The van der Waals surface area contributed by atoms with Crippen molar-refractivity contribution in [2.75, 3.05) is 0 Å². The lowest BCUT2D eigenvalue weighted by Crippen LogP contribution is -2.43. The van der Waals surface area contributed by atoms with E-state index < -0.39 is 11.8 Å². The molecule has 0 radical (unpaired) electrons. The third-order valence-corrected chi connectivity index (χ3v) is 6.55. The predicted octanol–water partition coefficient (Wildman–Crippen LogP) is 5.26. The lowest BCUT2D eigenvalue weighted by molar-refractivity contribution is -0.238. The molecule has 0 amide bonds. The average molecular weight is 409 g/mol. The van der Waals surface area contributed by atoms with E-state index >= 15 is 0 Å². The number of aliphatic carboxylic acids is 1. The van der Waals surface area contributed by atoms with Crippen molar-refractivity contribution >= 4 is 11.8 Å². The molecule has 29 heavy (non-hydrogen) atoms. The summed E-state index contributed by atoms with van der Waals surface area (Å²) in [6.45, 7) is 3.42. The topological polar surface area (TPSA) is 83.8 Å². The molecular formula is C24H40O5. The first kappa shape index (κ1) is 24.1. The number of carboxylic acids is 1. The Morgan fingerprint density at radius 1 is 1.17 bits per heavy atom. The zero-order chi connectivity index (χ0) is 21.3. The van der Waals surface area contributed by atoms with Gasteiger partial charge in [0, 0.05) is 18.8 Å². The summed E-state index contributed by atoms with van der Waals surface area (Å²) in [5, 5.41) is 19.4. The molecule has 5 heteroatoms. The molecule has 2 fully saturated rings. The van der Waals surface area contributed by atoms with Crippen molar-refractivity contribution in [3.8, 4) is 0 Å². The summed E-state index contributed by atoms with van der Waals surface area (Å²) in [4.78, 5) is 23.6. The van der Waals surface area contributed by atoms with Gasteiger partial charge in [0.05, 0.1) is 6.10 Å². The van der Waals surface area contributed by atoms with Crippen molar-refractivity contribution in [3.63, 3.8) is 0 Å². The number of hydrogen-bond acceptors (Lipinski definition) is 4. The smallest absolute Gasteiger partial charge is 0.364 e. The molecule has 2 aliphatic carbocycles. The maximum atomic E-state index is 12.3. The highest BCUT2D eigenvalue weighted by atomic mass is 16.7. The molecule has 0 saturated heterocycles. The van der Waals surface area contributed by atoms with E-state index in [1.54, 1.807) is 13.8 Å². The molecule has 0 aromatic carbocycles. The maximum absolute atomic E-state index is 12.3. The molecule has 2 aliphatic rings. The molecule has 2 saturated carbocycles. The van der Waals surface area contributed by atoms with Gasteiger partial charge < -0.3 is 14.9 Å². The van der Waals surface area contributed by atoms with Crippen LogP contribution in [-0.4, -0.2) is 33.9 Å². The lowest BCUT2D eigenvalue weighted by atomic mass is 9.89. The standard InChI is InChI=1S/C24H40O5/c1-18(2)29-24(28,23(26)27)17-9-3-4-14-21-20(15-16-22(21)25)13-8-7-12-19-10-5-6-11-19/h8,13,18-21,28H,3-7,9-12,14-17H2,1-2H3,(H,26,27)/t20-,21+,24?/m0/s1. The Morgan fingerprint density at radius 3 is 2.55 bits per heavy atom. The lowest BCUT2D eigenvalue weighted by Gasteiger charge is -2.26. The second-order valence-electron chi connectivity index (χ2n) is 9.29. The Balaban J connectivity index is 1.69. The van der Waals surface area contributed by atoms with Gasteiger partial charge in [-0.25, -0.2) is 4.79 Å². The molecule has 5 nitrogen and oxygen atoms in total. The molecule has 2 rings (SSSR count). The van der Waals surface area contributed by atoms with E-state index in [2.05, 4.69) is 12.2 Å². The van der Waals surface area contributed by atoms with Crippen LogP contribution in [0.2, 0.25) is 0 Å². The van der Waals surface area contributed by atoms with Gasteiger partial charge in [0.1, 0.15) is 5.78 Å². The van der Waals surface area contributed by atoms with E-state index in [4.69, 9.17) is 4.74 Å². The molecule has 3 atom stereocenters. The summed E-state index contributed by atoms with van der Waals surface area (Å²) in [7, 11) is 0. The van der Waals surface area contributed by atoms with Crippen LogP contribution in [0.25, 0.3) is 0 Å². The van der Waals surface area contributed by atoms with Gasteiger partial charge in [-0.15, -0.1) is 0 Å². The second-order valence-corrected chi connectivity index (χ2v) is 9.29. The van der Waals surface area contributed by atoms with Crippen molar-refractivity contribution in [2.45, 2.75) is 109 Å². The Kier molecular flexibility index (Phi) is 9.84. The van der Waals surface area contributed by atoms with Crippen LogP contribution in [-0.2, 0) is 14.3 Å². The quantitative estimate of drug-likeness (QED) is 0.247. The summed E-state index contributed by atoms with van der Waals surface area (Å²) in [6.07, 6.45) is 17.0. The molecule has 0 bridgehead atoms. The highest BCUT2D eigenvalue weighted by Gasteiger charge is 2.38. The van der Waals surface area contributed by atoms with Crippen LogP contribution in [0, 0.1) is 17.8 Å². The van der Waals surface area contributed by atoms with E-state index in [-0.39, 0.29) is 18.4 Å². The summed E-state index contributed by atoms with van der Waals surface area (Å²) in [6, 6.07) is 0. The van der Waals surface area contributed by atoms with Crippen LogP contribution >= 0.6 is 0 Å².